The third kappa shape index (κ3) is 5.35. The molecule has 28 heavy (non-hydrogen) atoms. The number of para-hydroxylation sites is 1. The normalized spacial score (nSPS) is 10.1. The predicted molar refractivity (Wildman–Crippen MR) is 102 cm³/mol. The zero-order chi connectivity index (χ0) is 19.8. The lowest BCUT2D eigenvalue weighted by molar-refractivity contribution is 0.0687. The first-order valence-corrected chi connectivity index (χ1v) is 8.58. The molecule has 0 saturated heterocycles. The first-order chi connectivity index (χ1) is 13.6. The summed E-state index contributed by atoms with van der Waals surface area (Å²) in [5.74, 6) is -0.127. The number of benzene rings is 3. The summed E-state index contributed by atoms with van der Waals surface area (Å²) in [7, 11) is 0. The molecular weight excluding hydrogens is 360 g/mol. The van der Waals surface area contributed by atoms with Crippen LogP contribution < -0.4 is 14.2 Å². The van der Waals surface area contributed by atoms with E-state index in [9.17, 15) is 9.59 Å². The van der Waals surface area contributed by atoms with Crippen LogP contribution in [0.2, 0.25) is 0 Å². The predicted octanol–water partition coefficient (Wildman–Crippen LogP) is 4.06. The first kappa shape index (κ1) is 19.0. The molecule has 142 valence electrons. The summed E-state index contributed by atoms with van der Waals surface area (Å²) in [6.07, 6.45) is 0. The molecule has 3 aromatic carbocycles. The SMILES string of the molecule is O=C(O)c1cccc(OC(=O)c2ccc(OCCOc3ccccc3)cc2)c1. The molecule has 3 rings (SSSR count). The third-order valence-electron chi connectivity index (χ3n) is 3.75. The Morgan fingerprint density at radius 1 is 0.679 bits per heavy atom. The number of aromatic carboxylic acids is 1. The average Bonchev–Trinajstić information content (AvgIpc) is 2.72. The summed E-state index contributed by atoms with van der Waals surface area (Å²) in [6.45, 7) is 0.758. The second-order valence-electron chi connectivity index (χ2n) is 5.76. The van der Waals surface area contributed by atoms with Gasteiger partial charge in [-0.1, -0.05) is 24.3 Å². The van der Waals surface area contributed by atoms with E-state index < -0.39 is 11.9 Å². The minimum atomic E-state index is -1.09. The monoisotopic (exact) mass is 378 g/mol. The van der Waals surface area contributed by atoms with E-state index in [0.29, 0.717) is 24.5 Å². The van der Waals surface area contributed by atoms with Crippen LogP contribution in [0.3, 0.4) is 0 Å². The molecule has 0 aliphatic carbocycles. The Bertz CT molecular complexity index is 935. The zero-order valence-electron chi connectivity index (χ0n) is 14.9. The van der Waals surface area contributed by atoms with E-state index in [1.807, 2.05) is 30.3 Å². The molecule has 0 spiro atoms. The van der Waals surface area contributed by atoms with E-state index in [0.717, 1.165) is 5.75 Å². The lowest BCUT2D eigenvalue weighted by Crippen LogP contribution is -2.10. The molecule has 0 unspecified atom stereocenters. The standard InChI is InChI=1S/C22H18O6/c23-21(24)17-5-4-8-20(15-17)28-22(25)16-9-11-19(12-10-16)27-14-13-26-18-6-2-1-3-7-18/h1-12,15H,13-14H2,(H,23,24). The molecule has 6 heteroatoms. The van der Waals surface area contributed by atoms with Crippen LogP contribution in [-0.4, -0.2) is 30.3 Å². The molecule has 3 aromatic rings. The number of hydrogen-bond donors (Lipinski definition) is 1. The van der Waals surface area contributed by atoms with Gasteiger partial charge in [0.05, 0.1) is 11.1 Å². The van der Waals surface area contributed by atoms with Crippen molar-refractivity contribution >= 4 is 11.9 Å². The fraction of sp³-hybridized carbons (Fsp3) is 0.0909. The van der Waals surface area contributed by atoms with Crippen molar-refractivity contribution in [2.45, 2.75) is 0 Å². The largest absolute Gasteiger partial charge is 0.490 e. The number of ether oxygens (including phenoxy) is 3. The molecule has 0 fully saturated rings. The van der Waals surface area contributed by atoms with Crippen LogP contribution in [0.1, 0.15) is 20.7 Å². The summed E-state index contributed by atoms with van der Waals surface area (Å²) in [5, 5.41) is 8.98. The molecule has 0 aromatic heterocycles. The summed E-state index contributed by atoms with van der Waals surface area (Å²) < 4.78 is 16.3. The molecule has 0 heterocycles. The quantitative estimate of drug-likeness (QED) is 0.362. The van der Waals surface area contributed by atoms with Crippen molar-refractivity contribution in [3.05, 3.63) is 90.0 Å². The van der Waals surface area contributed by atoms with E-state index in [2.05, 4.69) is 0 Å². The van der Waals surface area contributed by atoms with Crippen molar-refractivity contribution in [2.75, 3.05) is 13.2 Å². The van der Waals surface area contributed by atoms with Crippen molar-refractivity contribution in [3.8, 4) is 17.2 Å². The van der Waals surface area contributed by atoms with Gasteiger partial charge in [-0.15, -0.1) is 0 Å². The number of hydrogen-bond acceptors (Lipinski definition) is 5. The van der Waals surface area contributed by atoms with Gasteiger partial charge in [0.25, 0.3) is 0 Å². The Kier molecular flexibility index (Phi) is 6.25. The lowest BCUT2D eigenvalue weighted by Gasteiger charge is -2.09. The maximum Gasteiger partial charge on any atom is 0.343 e. The first-order valence-electron chi connectivity index (χ1n) is 8.58. The highest BCUT2D eigenvalue weighted by Crippen LogP contribution is 2.17. The van der Waals surface area contributed by atoms with Gasteiger partial charge in [0.1, 0.15) is 30.5 Å². The maximum atomic E-state index is 12.2. The van der Waals surface area contributed by atoms with Crippen molar-refractivity contribution in [1.82, 2.24) is 0 Å². The van der Waals surface area contributed by atoms with Crippen LogP contribution in [0.5, 0.6) is 17.2 Å². The molecule has 0 amide bonds. The Balaban J connectivity index is 1.50. The molecule has 1 N–H and O–H groups in total. The van der Waals surface area contributed by atoms with Gasteiger partial charge in [-0.2, -0.15) is 0 Å². The Labute approximate surface area is 161 Å². The number of rotatable bonds is 8. The molecule has 6 nitrogen and oxygen atoms in total. The fourth-order valence-corrected chi connectivity index (χ4v) is 2.38. The van der Waals surface area contributed by atoms with Crippen molar-refractivity contribution < 1.29 is 28.9 Å². The smallest absolute Gasteiger partial charge is 0.343 e. The molecule has 0 aliphatic heterocycles. The summed E-state index contributed by atoms with van der Waals surface area (Å²) in [6, 6.07) is 21.7. The molecule has 0 bridgehead atoms. The van der Waals surface area contributed by atoms with Gasteiger partial charge in [-0.05, 0) is 54.6 Å². The van der Waals surface area contributed by atoms with Gasteiger partial charge in [0.15, 0.2) is 0 Å². The molecule has 0 radical (unpaired) electrons. The number of esters is 1. The van der Waals surface area contributed by atoms with E-state index in [4.69, 9.17) is 19.3 Å². The number of carboxylic acids is 1. The van der Waals surface area contributed by atoms with Crippen LogP contribution in [0.4, 0.5) is 0 Å². The number of carboxylic acid groups (broad SMARTS) is 1. The van der Waals surface area contributed by atoms with Crippen molar-refractivity contribution in [3.63, 3.8) is 0 Å². The van der Waals surface area contributed by atoms with E-state index in [1.54, 1.807) is 24.3 Å². The summed E-state index contributed by atoms with van der Waals surface area (Å²) in [5.41, 5.74) is 0.375. The Morgan fingerprint density at radius 3 is 1.93 bits per heavy atom. The van der Waals surface area contributed by atoms with Gasteiger partial charge in [-0.25, -0.2) is 9.59 Å². The van der Waals surface area contributed by atoms with Crippen molar-refractivity contribution in [1.29, 1.82) is 0 Å². The average molecular weight is 378 g/mol. The summed E-state index contributed by atoms with van der Waals surface area (Å²) >= 11 is 0. The molecule has 0 atom stereocenters. The van der Waals surface area contributed by atoms with Gasteiger partial charge in [-0.3, -0.25) is 0 Å². The number of carbonyl (C=O) groups is 2. The second-order valence-corrected chi connectivity index (χ2v) is 5.76. The van der Waals surface area contributed by atoms with Crippen LogP contribution in [-0.2, 0) is 0 Å². The van der Waals surface area contributed by atoms with Gasteiger partial charge in [0.2, 0.25) is 0 Å². The second kappa shape index (κ2) is 9.23. The highest BCUT2D eigenvalue weighted by molar-refractivity contribution is 5.92. The van der Waals surface area contributed by atoms with Crippen LogP contribution in [0.15, 0.2) is 78.9 Å². The highest BCUT2D eigenvalue weighted by atomic mass is 16.5. The van der Waals surface area contributed by atoms with Gasteiger partial charge < -0.3 is 19.3 Å². The highest BCUT2D eigenvalue weighted by Gasteiger charge is 2.11. The summed E-state index contributed by atoms with van der Waals surface area (Å²) in [4.78, 5) is 23.2. The van der Waals surface area contributed by atoms with E-state index in [1.165, 1.54) is 24.3 Å². The minimum Gasteiger partial charge on any atom is -0.490 e. The van der Waals surface area contributed by atoms with Crippen LogP contribution in [0.25, 0.3) is 0 Å². The third-order valence-corrected chi connectivity index (χ3v) is 3.75. The zero-order valence-corrected chi connectivity index (χ0v) is 14.9. The van der Waals surface area contributed by atoms with Gasteiger partial charge >= 0.3 is 11.9 Å². The molecular formula is C22H18O6. The minimum absolute atomic E-state index is 0.0479. The van der Waals surface area contributed by atoms with Crippen LogP contribution >= 0.6 is 0 Å². The fourth-order valence-electron chi connectivity index (χ4n) is 2.38. The Morgan fingerprint density at radius 2 is 1.29 bits per heavy atom. The molecule has 0 aliphatic rings. The lowest BCUT2D eigenvalue weighted by atomic mass is 10.2. The Hall–Kier alpha value is -3.80. The molecule has 0 saturated carbocycles. The number of carbonyl (C=O) groups excluding carboxylic acids is 1. The van der Waals surface area contributed by atoms with E-state index >= 15 is 0 Å². The topological polar surface area (TPSA) is 82.1 Å². The van der Waals surface area contributed by atoms with Gasteiger partial charge in [0, 0.05) is 0 Å². The van der Waals surface area contributed by atoms with E-state index in [-0.39, 0.29) is 11.3 Å². The maximum absolute atomic E-state index is 12.2. The van der Waals surface area contributed by atoms with Crippen LogP contribution in [0, 0.1) is 0 Å². The van der Waals surface area contributed by atoms with Crippen molar-refractivity contribution in [2.24, 2.45) is 0 Å².